The van der Waals surface area contributed by atoms with Gasteiger partial charge in [-0.25, -0.2) is 8.42 Å². The number of alkyl halides is 3. The van der Waals surface area contributed by atoms with Gasteiger partial charge in [-0.1, -0.05) is 5.16 Å². The normalized spacial score (nSPS) is 19.6. The first kappa shape index (κ1) is 25.4. The van der Waals surface area contributed by atoms with Crippen LogP contribution in [0.4, 0.5) is 13.2 Å². The summed E-state index contributed by atoms with van der Waals surface area (Å²) in [6.45, 7) is 3.53. The average Bonchev–Trinajstić information content (AvgIpc) is 3.10. The molecule has 0 saturated carbocycles. The molecule has 3 rings (SSSR count). The molecule has 186 valence electrons. The van der Waals surface area contributed by atoms with Crippen LogP contribution in [0, 0.1) is 19.8 Å². The molecule has 0 unspecified atom stereocenters. The van der Waals surface area contributed by atoms with E-state index in [4.69, 9.17) is 4.52 Å². The van der Waals surface area contributed by atoms with Crippen molar-refractivity contribution >= 4 is 21.8 Å². The van der Waals surface area contributed by atoms with Gasteiger partial charge < -0.3 is 14.7 Å². The molecule has 0 spiro atoms. The zero-order chi connectivity index (χ0) is 24.4. The quantitative estimate of drug-likeness (QED) is 0.612. The molecule has 14 heteroatoms. The van der Waals surface area contributed by atoms with Gasteiger partial charge in [0.25, 0.3) is 0 Å². The number of sulfonamides is 1. The summed E-state index contributed by atoms with van der Waals surface area (Å²) >= 11 is 0. The Kier molecular flexibility index (Phi) is 7.69. The predicted molar refractivity (Wildman–Crippen MR) is 110 cm³/mol. The highest BCUT2D eigenvalue weighted by Gasteiger charge is 2.35. The van der Waals surface area contributed by atoms with E-state index in [-0.39, 0.29) is 49.3 Å². The van der Waals surface area contributed by atoms with Crippen molar-refractivity contribution in [2.75, 3.05) is 52.4 Å². The molecule has 1 aromatic rings. The fourth-order valence-electron chi connectivity index (χ4n) is 4.13. The summed E-state index contributed by atoms with van der Waals surface area (Å²) in [6, 6.07) is 0. The highest BCUT2D eigenvalue weighted by molar-refractivity contribution is 7.89. The first-order chi connectivity index (χ1) is 15.4. The Morgan fingerprint density at radius 3 is 2.21 bits per heavy atom. The van der Waals surface area contributed by atoms with E-state index in [1.54, 1.807) is 11.8 Å². The van der Waals surface area contributed by atoms with E-state index in [9.17, 15) is 31.2 Å². The van der Waals surface area contributed by atoms with E-state index in [1.165, 1.54) is 11.2 Å². The number of piperazine rings is 1. The van der Waals surface area contributed by atoms with Crippen LogP contribution >= 0.6 is 0 Å². The molecule has 1 N–H and O–H groups in total. The third-order valence-electron chi connectivity index (χ3n) is 5.94. The lowest BCUT2D eigenvalue weighted by Gasteiger charge is -2.36. The van der Waals surface area contributed by atoms with Crippen LogP contribution in [-0.4, -0.2) is 98.0 Å². The number of piperidine rings is 1. The van der Waals surface area contributed by atoms with E-state index in [1.807, 2.05) is 10.2 Å². The maximum atomic E-state index is 12.9. The van der Waals surface area contributed by atoms with Crippen LogP contribution in [-0.2, 0) is 19.6 Å². The summed E-state index contributed by atoms with van der Waals surface area (Å²) in [5.74, 6) is -1.04. The van der Waals surface area contributed by atoms with Crippen LogP contribution in [0.1, 0.15) is 24.3 Å². The van der Waals surface area contributed by atoms with Crippen LogP contribution in [0.25, 0.3) is 0 Å². The third kappa shape index (κ3) is 6.23. The predicted octanol–water partition coefficient (Wildman–Crippen LogP) is 0.515. The minimum Gasteiger partial charge on any atom is -0.360 e. The Morgan fingerprint density at radius 2 is 1.70 bits per heavy atom. The molecule has 0 aromatic carbocycles. The summed E-state index contributed by atoms with van der Waals surface area (Å²) in [5.41, 5.74) is 0.293. The topological polar surface area (TPSA) is 116 Å². The maximum absolute atomic E-state index is 12.9. The Labute approximate surface area is 190 Å². The molecule has 2 amide bonds. The van der Waals surface area contributed by atoms with Crippen molar-refractivity contribution in [2.24, 2.45) is 5.92 Å². The number of carbonyl (C=O) groups is 2. The first-order valence-corrected chi connectivity index (χ1v) is 12.1. The van der Waals surface area contributed by atoms with E-state index in [0.717, 1.165) is 0 Å². The Balaban J connectivity index is 1.44. The van der Waals surface area contributed by atoms with Crippen LogP contribution in [0.3, 0.4) is 0 Å². The number of likely N-dealkylation sites (tertiary alicyclic amines) is 1. The number of rotatable bonds is 6. The fourth-order valence-corrected chi connectivity index (χ4v) is 5.84. The second-order valence-electron chi connectivity index (χ2n) is 8.32. The molecule has 33 heavy (non-hydrogen) atoms. The number of nitrogens with one attached hydrogen (secondary N) is 1. The summed E-state index contributed by atoms with van der Waals surface area (Å²) in [4.78, 5) is 28.1. The Hall–Kier alpha value is -2.19. The highest BCUT2D eigenvalue weighted by Crippen LogP contribution is 2.24. The molecule has 2 fully saturated rings. The number of aryl methyl sites for hydroxylation is 2. The van der Waals surface area contributed by atoms with Crippen molar-refractivity contribution in [3.8, 4) is 0 Å². The second-order valence-corrected chi connectivity index (χ2v) is 10.2. The minimum absolute atomic E-state index is 0.0596. The van der Waals surface area contributed by atoms with Gasteiger partial charge in [0.15, 0.2) is 5.76 Å². The third-order valence-corrected chi connectivity index (χ3v) is 8.08. The number of halogens is 3. The number of aromatic nitrogens is 1. The van der Waals surface area contributed by atoms with Crippen molar-refractivity contribution in [1.82, 2.24) is 24.6 Å². The van der Waals surface area contributed by atoms with Crippen molar-refractivity contribution < 1.29 is 35.7 Å². The molecule has 3 heterocycles. The van der Waals surface area contributed by atoms with E-state index >= 15 is 0 Å². The average molecular weight is 496 g/mol. The van der Waals surface area contributed by atoms with Gasteiger partial charge >= 0.3 is 6.18 Å². The van der Waals surface area contributed by atoms with Crippen molar-refractivity contribution in [1.29, 1.82) is 0 Å². The zero-order valence-electron chi connectivity index (χ0n) is 18.5. The molecule has 0 bridgehead atoms. The van der Waals surface area contributed by atoms with E-state index < -0.39 is 34.6 Å². The first-order valence-electron chi connectivity index (χ1n) is 10.7. The lowest BCUT2D eigenvalue weighted by atomic mass is 9.96. The number of carbonyl (C=O) groups excluding carboxylic acids is 2. The smallest absolute Gasteiger partial charge is 0.360 e. The van der Waals surface area contributed by atoms with Gasteiger partial charge in [-0.05, 0) is 39.8 Å². The molecular formula is C19H28F3N5O5S. The van der Waals surface area contributed by atoms with Gasteiger partial charge in [-0.15, -0.1) is 0 Å². The van der Waals surface area contributed by atoms with Crippen LogP contribution in [0.15, 0.2) is 9.42 Å². The van der Waals surface area contributed by atoms with E-state index in [2.05, 4.69) is 5.16 Å². The molecule has 2 saturated heterocycles. The lowest BCUT2D eigenvalue weighted by Crippen LogP contribution is -2.53. The Bertz CT molecular complexity index is 945. The van der Waals surface area contributed by atoms with Gasteiger partial charge in [0.1, 0.15) is 17.1 Å². The summed E-state index contributed by atoms with van der Waals surface area (Å²) < 4.78 is 68.8. The zero-order valence-corrected chi connectivity index (χ0v) is 19.3. The summed E-state index contributed by atoms with van der Waals surface area (Å²) in [5, 5.41) is 5.61. The number of hydrogen-bond acceptors (Lipinski definition) is 7. The summed E-state index contributed by atoms with van der Waals surface area (Å²) in [6.07, 6.45) is -3.69. The summed E-state index contributed by atoms with van der Waals surface area (Å²) in [7, 11) is -3.76. The SMILES string of the molecule is Cc1noc(C)c1S(=O)(=O)N1CCN(C(=O)CN2CCC(C(=O)NCC(F)(F)F)CC2)CC1. The number of amides is 2. The van der Waals surface area contributed by atoms with E-state index in [0.29, 0.717) is 31.6 Å². The van der Waals surface area contributed by atoms with Gasteiger partial charge in [-0.3, -0.25) is 14.5 Å². The fraction of sp³-hybridized carbons (Fsp3) is 0.737. The second kappa shape index (κ2) is 9.97. The lowest BCUT2D eigenvalue weighted by molar-refractivity contribution is -0.142. The van der Waals surface area contributed by atoms with Gasteiger partial charge in [0, 0.05) is 32.1 Å². The van der Waals surface area contributed by atoms with Crippen LogP contribution in [0.2, 0.25) is 0 Å². The molecular weight excluding hydrogens is 467 g/mol. The standard InChI is InChI=1S/C19H28F3N5O5S/c1-13-17(14(2)32-24-13)33(30,31)27-9-7-26(8-10-27)16(28)11-25-5-3-15(4-6-25)18(29)23-12-19(20,21)22/h15H,3-12H2,1-2H3,(H,23,29). The van der Waals surface area contributed by atoms with Crippen LogP contribution < -0.4 is 5.32 Å². The number of hydrogen-bond donors (Lipinski definition) is 1. The monoisotopic (exact) mass is 495 g/mol. The van der Waals surface area contributed by atoms with Crippen LogP contribution in [0.5, 0.6) is 0 Å². The van der Waals surface area contributed by atoms with Gasteiger partial charge in [0.2, 0.25) is 21.8 Å². The molecule has 10 nitrogen and oxygen atoms in total. The van der Waals surface area contributed by atoms with Gasteiger partial charge in [0.05, 0.1) is 6.54 Å². The van der Waals surface area contributed by atoms with Gasteiger partial charge in [-0.2, -0.15) is 17.5 Å². The molecule has 0 aliphatic carbocycles. The van der Waals surface area contributed by atoms with Crippen molar-refractivity contribution in [2.45, 2.75) is 37.8 Å². The largest absolute Gasteiger partial charge is 0.405 e. The molecule has 2 aliphatic rings. The molecule has 2 aliphatic heterocycles. The number of nitrogens with zero attached hydrogens (tertiary/aromatic N) is 4. The Morgan fingerprint density at radius 1 is 1.09 bits per heavy atom. The highest BCUT2D eigenvalue weighted by atomic mass is 32.2. The maximum Gasteiger partial charge on any atom is 0.405 e. The van der Waals surface area contributed by atoms with Crippen molar-refractivity contribution in [3.05, 3.63) is 11.5 Å². The molecule has 0 radical (unpaired) electrons. The minimum atomic E-state index is -4.45. The van der Waals surface area contributed by atoms with Crippen molar-refractivity contribution in [3.63, 3.8) is 0 Å². The molecule has 1 aromatic heterocycles. The molecule has 0 atom stereocenters.